The molecule has 1 aliphatic rings. The van der Waals surface area contributed by atoms with Crippen molar-refractivity contribution in [1.29, 1.82) is 0 Å². The van der Waals surface area contributed by atoms with Gasteiger partial charge in [-0.25, -0.2) is 10.8 Å². The summed E-state index contributed by atoms with van der Waals surface area (Å²) in [7, 11) is 0. The van der Waals surface area contributed by atoms with Crippen molar-refractivity contribution in [3.8, 4) is 11.3 Å². The molecule has 3 rings (SSSR count). The summed E-state index contributed by atoms with van der Waals surface area (Å²) < 4.78 is 0. The van der Waals surface area contributed by atoms with Gasteiger partial charge in [0.1, 0.15) is 5.82 Å². The first kappa shape index (κ1) is 13.8. The molecule has 1 saturated heterocycles. The Hall–Kier alpha value is -2.14. The highest BCUT2D eigenvalue weighted by atomic mass is 15.3. The third-order valence-corrected chi connectivity index (χ3v) is 3.96. The Morgan fingerprint density at radius 2 is 1.76 bits per heavy atom. The predicted molar refractivity (Wildman–Crippen MR) is 86.1 cm³/mol. The van der Waals surface area contributed by atoms with Crippen molar-refractivity contribution >= 4 is 11.8 Å². The standard InChI is InChI=1S/C16H21N5/c1-12-14(13-8-4-2-5-9-13)18-16(19-15(12)20-17)21-10-6-3-7-11-21/h2,4-5,8-9H,3,6-7,10-11,17H2,1H3,(H,18,19,20). The van der Waals surface area contributed by atoms with E-state index in [0.717, 1.165) is 35.9 Å². The van der Waals surface area contributed by atoms with E-state index in [1.807, 2.05) is 25.1 Å². The van der Waals surface area contributed by atoms with E-state index in [0.29, 0.717) is 5.82 Å². The number of hydrazine groups is 1. The second kappa shape index (κ2) is 6.10. The van der Waals surface area contributed by atoms with Crippen LogP contribution in [0.1, 0.15) is 24.8 Å². The maximum Gasteiger partial charge on any atom is 0.227 e. The molecule has 5 heteroatoms. The fourth-order valence-corrected chi connectivity index (χ4v) is 2.76. The third-order valence-electron chi connectivity index (χ3n) is 3.96. The second-order valence-electron chi connectivity index (χ2n) is 5.40. The molecule has 2 aromatic rings. The van der Waals surface area contributed by atoms with Gasteiger partial charge in [-0.15, -0.1) is 0 Å². The number of nitrogens with zero attached hydrogens (tertiary/aromatic N) is 3. The fraction of sp³-hybridized carbons (Fsp3) is 0.375. The van der Waals surface area contributed by atoms with Crippen LogP contribution in [0.15, 0.2) is 30.3 Å². The molecule has 110 valence electrons. The minimum Gasteiger partial charge on any atom is -0.341 e. The monoisotopic (exact) mass is 283 g/mol. The molecule has 1 aliphatic heterocycles. The van der Waals surface area contributed by atoms with E-state index in [9.17, 15) is 0 Å². The molecule has 0 bridgehead atoms. The normalized spacial score (nSPS) is 15.0. The van der Waals surface area contributed by atoms with Gasteiger partial charge in [0.2, 0.25) is 5.95 Å². The van der Waals surface area contributed by atoms with Gasteiger partial charge in [-0.05, 0) is 26.2 Å². The lowest BCUT2D eigenvalue weighted by Crippen LogP contribution is -2.31. The zero-order chi connectivity index (χ0) is 14.7. The maximum atomic E-state index is 5.64. The van der Waals surface area contributed by atoms with Crippen molar-refractivity contribution in [2.24, 2.45) is 5.84 Å². The Morgan fingerprint density at radius 1 is 1.05 bits per heavy atom. The van der Waals surface area contributed by atoms with Crippen molar-refractivity contribution in [1.82, 2.24) is 9.97 Å². The minimum absolute atomic E-state index is 0.699. The van der Waals surface area contributed by atoms with E-state index in [1.54, 1.807) is 0 Å². The number of benzene rings is 1. The van der Waals surface area contributed by atoms with Crippen LogP contribution in [-0.2, 0) is 0 Å². The predicted octanol–water partition coefficient (Wildman–Crippen LogP) is 2.73. The van der Waals surface area contributed by atoms with Gasteiger partial charge in [-0.1, -0.05) is 30.3 Å². The molecule has 21 heavy (non-hydrogen) atoms. The summed E-state index contributed by atoms with van der Waals surface area (Å²) in [6.07, 6.45) is 3.68. The molecule has 0 atom stereocenters. The van der Waals surface area contributed by atoms with Gasteiger partial charge in [0.05, 0.1) is 5.69 Å². The summed E-state index contributed by atoms with van der Waals surface area (Å²) in [5, 5.41) is 0. The topological polar surface area (TPSA) is 67.1 Å². The number of nitrogens with two attached hydrogens (primary N) is 1. The van der Waals surface area contributed by atoms with Crippen LogP contribution >= 0.6 is 0 Å². The first-order valence-corrected chi connectivity index (χ1v) is 7.45. The molecule has 1 fully saturated rings. The number of rotatable bonds is 3. The van der Waals surface area contributed by atoms with Gasteiger partial charge >= 0.3 is 0 Å². The van der Waals surface area contributed by atoms with E-state index in [2.05, 4.69) is 27.4 Å². The summed E-state index contributed by atoms with van der Waals surface area (Å²) >= 11 is 0. The Bertz CT molecular complexity index is 606. The Morgan fingerprint density at radius 3 is 2.43 bits per heavy atom. The van der Waals surface area contributed by atoms with E-state index in [-0.39, 0.29) is 0 Å². The minimum atomic E-state index is 0.699. The average Bonchev–Trinajstić information content (AvgIpc) is 2.56. The van der Waals surface area contributed by atoms with Crippen LogP contribution in [0.2, 0.25) is 0 Å². The third kappa shape index (κ3) is 2.83. The van der Waals surface area contributed by atoms with Crippen molar-refractivity contribution < 1.29 is 0 Å². The molecule has 0 radical (unpaired) electrons. The molecule has 0 saturated carbocycles. The molecular weight excluding hydrogens is 262 g/mol. The molecule has 0 unspecified atom stereocenters. The summed E-state index contributed by atoms with van der Waals surface area (Å²) in [5.41, 5.74) is 5.72. The van der Waals surface area contributed by atoms with Crippen molar-refractivity contribution in [2.75, 3.05) is 23.4 Å². The SMILES string of the molecule is Cc1c(NN)nc(N2CCCCC2)nc1-c1ccccc1. The average molecular weight is 283 g/mol. The molecule has 0 aliphatic carbocycles. The van der Waals surface area contributed by atoms with E-state index in [4.69, 9.17) is 10.8 Å². The highest BCUT2D eigenvalue weighted by Gasteiger charge is 2.18. The quantitative estimate of drug-likeness (QED) is 0.669. The van der Waals surface area contributed by atoms with Crippen LogP contribution in [-0.4, -0.2) is 23.1 Å². The molecular formula is C16H21N5. The van der Waals surface area contributed by atoms with Crippen LogP contribution in [0.4, 0.5) is 11.8 Å². The number of hydrogen-bond acceptors (Lipinski definition) is 5. The summed E-state index contributed by atoms with van der Waals surface area (Å²) in [4.78, 5) is 11.6. The van der Waals surface area contributed by atoms with Gasteiger partial charge < -0.3 is 10.3 Å². The molecule has 1 aromatic heterocycles. The molecule has 0 amide bonds. The lowest BCUT2D eigenvalue weighted by Gasteiger charge is -2.27. The number of anilines is 2. The van der Waals surface area contributed by atoms with E-state index < -0.39 is 0 Å². The first-order valence-electron chi connectivity index (χ1n) is 7.45. The number of hydrogen-bond donors (Lipinski definition) is 2. The molecule has 5 nitrogen and oxygen atoms in total. The highest BCUT2D eigenvalue weighted by molar-refractivity contribution is 5.69. The molecule has 2 heterocycles. The second-order valence-corrected chi connectivity index (χ2v) is 5.40. The van der Waals surface area contributed by atoms with Gasteiger partial charge in [0.25, 0.3) is 0 Å². The smallest absolute Gasteiger partial charge is 0.227 e. The van der Waals surface area contributed by atoms with E-state index >= 15 is 0 Å². The van der Waals surface area contributed by atoms with Crippen LogP contribution in [0.25, 0.3) is 11.3 Å². The molecule has 0 spiro atoms. The molecule has 3 N–H and O–H groups in total. The Labute approximate surface area is 125 Å². The Kier molecular flexibility index (Phi) is 4.01. The largest absolute Gasteiger partial charge is 0.341 e. The van der Waals surface area contributed by atoms with Crippen molar-refractivity contribution in [3.05, 3.63) is 35.9 Å². The first-order chi connectivity index (χ1) is 10.3. The van der Waals surface area contributed by atoms with Gasteiger partial charge in [-0.3, -0.25) is 0 Å². The van der Waals surface area contributed by atoms with Crippen molar-refractivity contribution in [3.63, 3.8) is 0 Å². The Balaban J connectivity index is 2.06. The van der Waals surface area contributed by atoms with Crippen molar-refractivity contribution in [2.45, 2.75) is 26.2 Å². The van der Waals surface area contributed by atoms with Crippen LogP contribution in [0.3, 0.4) is 0 Å². The maximum absolute atomic E-state index is 5.64. The summed E-state index contributed by atoms with van der Waals surface area (Å²) in [5.74, 6) is 7.11. The summed E-state index contributed by atoms with van der Waals surface area (Å²) in [6.45, 7) is 4.03. The number of nitrogen functional groups attached to an aromatic ring is 1. The zero-order valence-electron chi connectivity index (χ0n) is 12.3. The lowest BCUT2D eigenvalue weighted by molar-refractivity contribution is 0.568. The molecule has 1 aromatic carbocycles. The number of piperidine rings is 1. The lowest BCUT2D eigenvalue weighted by atomic mass is 10.1. The number of nitrogens with one attached hydrogen (secondary N) is 1. The fourth-order valence-electron chi connectivity index (χ4n) is 2.76. The highest BCUT2D eigenvalue weighted by Crippen LogP contribution is 2.28. The summed E-state index contributed by atoms with van der Waals surface area (Å²) in [6, 6.07) is 10.2. The van der Waals surface area contributed by atoms with Gasteiger partial charge in [0.15, 0.2) is 0 Å². The zero-order valence-corrected chi connectivity index (χ0v) is 12.3. The van der Waals surface area contributed by atoms with E-state index in [1.165, 1.54) is 19.3 Å². The van der Waals surface area contributed by atoms with Gasteiger partial charge in [0, 0.05) is 24.2 Å². The number of aromatic nitrogens is 2. The van der Waals surface area contributed by atoms with Gasteiger partial charge in [-0.2, -0.15) is 4.98 Å². The van der Waals surface area contributed by atoms with Crippen LogP contribution in [0.5, 0.6) is 0 Å². The van der Waals surface area contributed by atoms with Crippen LogP contribution in [0, 0.1) is 6.92 Å². The van der Waals surface area contributed by atoms with Crippen LogP contribution < -0.4 is 16.2 Å².